The quantitative estimate of drug-likeness (QED) is 0.614. The van der Waals surface area contributed by atoms with E-state index in [1.54, 1.807) is 31.2 Å². The Balaban J connectivity index is 1.42. The summed E-state index contributed by atoms with van der Waals surface area (Å²) in [5.41, 5.74) is 3.36. The molecule has 2 fully saturated rings. The topological polar surface area (TPSA) is 84.3 Å². The molecule has 0 spiro atoms. The molecule has 0 radical (unpaired) electrons. The average molecular weight is 473 g/mol. The van der Waals surface area contributed by atoms with E-state index in [4.69, 9.17) is 5.10 Å². The molecule has 1 aliphatic heterocycles. The van der Waals surface area contributed by atoms with Gasteiger partial charge in [-0.15, -0.1) is 0 Å². The number of sulfone groups is 1. The molecule has 1 N–H and O–H groups in total. The van der Waals surface area contributed by atoms with E-state index in [9.17, 15) is 13.2 Å². The van der Waals surface area contributed by atoms with E-state index in [-0.39, 0.29) is 11.8 Å². The van der Waals surface area contributed by atoms with Crippen LogP contribution in [0.15, 0.2) is 35.2 Å². The molecule has 4 rings (SSSR count). The highest BCUT2D eigenvalue weighted by Crippen LogP contribution is 2.42. The van der Waals surface area contributed by atoms with E-state index >= 15 is 0 Å². The van der Waals surface area contributed by atoms with Crippen molar-refractivity contribution in [2.75, 3.05) is 18.8 Å². The molecule has 2 aliphatic rings. The number of aromatic nitrogens is 2. The average Bonchev–Trinajstić information content (AvgIpc) is 3.41. The first-order chi connectivity index (χ1) is 15.7. The predicted molar refractivity (Wildman–Crippen MR) is 129 cm³/mol. The van der Waals surface area contributed by atoms with Crippen LogP contribution in [0.4, 0.5) is 4.79 Å². The Hall–Kier alpha value is -2.35. The number of urea groups is 1. The van der Waals surface area contributed by atoms with E-state index in [1.165, 1.54) is 24.2 Å². The van der Waals surface area contributed by atoms with Crippen LogP contribution in [0.1, 0.15) is 81.8 Å². The Morgan fingerprint density at radius 3 is 2.42 bits per heavy atom. The van der Waals surface area contributed by atoms with Crippen molar-refractivity contribution in [3.05, 3.63) is 47.3 Å². The summed E-state index contributed by atoms with van der Waals surface area (Å²) in [4.78, 5) is 15.2. The molecule has 0 bridgehead atoms. The summed E-state index contributed by atoms with van der Waals surface area (Å²) in [6, 6.07) is 9.29. The van der Waals surface area contributed by atoms with Gasteiger partial charge in [0.2, 0.25) is 0 Å². The first-order valence-corrected chi connectivity index (χ1v) is 13.8. The summed E-state index contributed by atoms with van der Waals surface area (Å²) in [5, 5.41) is 7.93. The molecule has 1 aromatic carbocycles. The van der Waals surface area contributed by atoms with Gasteiger partial charge >= 0.3 is 6.03 Å². The molecule has 2 aromatic rings. The van der Waals surface area contributed by atoms with E-state index in [2.05, 4.69) is 36.8 Å². The highest BCUT2D eigenvalue weighted by molar-refractivity contribution is 7.91. The van der Waals surface area contributed by atoms with Crippen LogP contribution < -0.4 is 5.32 Å². The van der Waals surface area contributed by atoms with E-state index < -0.39 is 9.84 Å². The van der Waals surface area contributed by atoms with Gasteiger partial charge in [-0.05, 0) is 56.4 Å². The minimum Gasteiger partial charge on any atom is -0.334 e. The fourth-order valence-corrected chi connectivity index (χ4v) is 5.64. The van der Waals surface area contributed by atoms with Crippen molar-refractivity contribution < 1.29 is 13.2 Å². The van der Waals surface area contributed by atoms with Gasteiger partial charge in [0.25, 0.3) is 0 Å². The Kier molecular flexibility index (Phi) is 6.84. The van der Waals surface area contributed by atoms with Gasteiger partial charge in [0.1, 0.15) is 0 Å². The summed E-state index contributed by atoms with van der Waals surface area (Å²) in [6.45, 7) is 9.98. The van der Waals surface area contributed by atoms with Gasteiger partial charge in [-0.1, -0.05) is 32.4 Å². The van der Waals surface area contributed by atoms with Crippen LogP contribution in [0.3, 0.4) is 0 Å². The highest BCUT2D eigenvalue weighted by atomic mass is 32.2. The summed E-state index contributed by atoms with van der Waals surface area (Å²) in [5.74, 6) is 1.40. The maximum Gasteiger partial charge on any atom is 0.317 e. The molecule has 1 saturated carbocycles. The molecule has 2 atom stereocenters. The third-order valence-electron chi connectivity index (χ3n) is 7.01. The zero-order valence-electron chi connectivity index (χ0n) is 20.1. The number of likely N-dealkylation sites (tertiary alicyclic amines) is 1. The predicted octanol–water partition coefficient (Wildman–Crippen LogP) is 4.47. The number of carbonyl (C=O) groups is 1. The van der Waals surface area contributed by atoms with Crippen molar-refractivity contribution in [3.63, 3.8) is 0 Å². The van der Waals surface area contributed by atoms with Crippen LogP contribution in [0.25, 0.3) is 0 Å². The van der Waals surface area contributed by atoms with Gasteiger partial charge in [0.05, 0.1) is 16.3 Å². The molecule has 7 nitrogen and oxygen atoms in total. The van der Waals surface area contributed by atoms with Crippen LogP contribution in [0.5, 0.6) is 0 Å². The number of hydrogen-bond acceptors (Lipinski definition) is 4. The van der Waals surface area contributed by atoms with Crippen LogP contribution in [-0.4, -0.2) is 48.0 Å². The Morgan fingerprint density at radius 2 is 1.85 bits per heavy atom. The third-order valence-corrected chi connectivity index (χ3v) is 8.76. The van der Waals surface area contributed by atoms with E-state index in [0.717, 1.165) is 18.5 Å². The SMILES string of the molecule is CC[C@@H]1CN(C(=O)NCc2ccc(S(=O)(=O)CC)cc2)C[C@H]1c1cc(C2CC2)nn1C(C)C. The minimum absolute atomic E-state index is 0.0702. The molecular formula is C25H36N4O3S. The molecule has 33 heavy (non-hydrogen) atoms. The van der Waals surface area contributed by atoms with E-state index in [0.29, 0.717) is 41.8 Å². The molecule has 0 unspecified atom stereocenters. The van der Waals surface area contributed by atoms with Gasteiger partial charge in [0, 0.05) is 43.2 Å². The Labute approximate surface area is 197 Å². The van der Waals surface area contributed by atoms with Crippen molar-refractivity contribution in [3.8, 4) is 0 Å². The van der Waals surface area contributed by atoms with Crippen molar-refractivity contribution >= 4 is 15.9 Å². The molecule has 1 aromatic heterocycles. The number of carbonyl (C=O) groups excluding carboxylic acids is 1. The van der Waals surface area contributed by atoms with Crippen LogP contribution >= 0.6 is 0 Å². The first-order valence-electron chi connectivity index (χ1n) is 12.2. The smallest absolute Gasteiger partial charge is 0.317 e. The van der Waals surface area contributed by atoms with Gasteiger partial charge in [0.15, 0.2) is 9.84 Å². The summed E-state index contributed by atoms with van der Waals surface area (Å²) >= 11 is 0. The summed E-state index contributed by atoms with van der Waals surface area (Å²) in [6.07, 6.45) is 3.48. The molecule has 180 valence electrons. The molecular weight excluding hydrogens is 436 g/mol. The van der Waals surface area contributed by atoms with E-state index in [1.807, 2.05) is 4.90 Å². The zero-order valence-corrected chi connectivity index (χ0v) is 20.9. The molecule has 8 heteroatoms. The van der Waals surface area contributed by atoms with Crippen molar-refractivity contribution in [2.45, 2.75) is 76.3 Å². The number of hydrogen-bond donors (Lipinski definition) is 1. The van der Waals surface area contributed by atoms with Crippen LogP contribution in [0.2, 0.25) is 0 Å². The normalized spacial score (nSPS) is 21.1. The largest absolute Gasteiger partial charge is 0.334 e. The summed E-state index contributed by atoms with van der Waals surface area (Å²) < 4.78 is 26.1. The second-order valence-corrected chi connectivity index (χ2v) is 12.0. The highest BCUT2D eigenvalue weighted by Gasteiger charge is 2.38. The third kappa shape index (κ3) is 5.10. The van der Waals surface area contributed by atoms with Crippen LogP contribution in [0, 0.1) is 5.92 Å². The lowest BCUT2D eigenvalue weighted by Crippen LogP contribution is -2.38. The number of rotatable bonds is 8. The maximum absolute atomic E-state index is 13.0. The fraction of sp³-hybridized carbons (Fsp3) is 0.600. The first kappa shape index (κ1) is 23.8. The van der Waals surface area contributed by atoms with Crippen LogP contribution in [-0.2, 0) is 16.4 Å². The maximum atomic E-state index is 13.0. The molecule has 1 saturated heterocycles. The number of amides is 2. The zero-order chi connectivity index (χ0) is 23.8. The van der Waals surface area contributed by atoms with Crippen molar-refractivity contribution in [1.29, 1.82) is 0 Å². The second kappa shape index (κ2) is 9.49. The summed E-state index contributed by atoms with van der Waals surface area (Å²) in [7, 11) is -3.21. The van der Waals surface area contributed by atoms with Gasteiger partial charge in [-0.3, -0.25) is 4.68 Å². The Morgan fingerprint density at radius 1 is 1.15 bits per heavy atom. The second-order valence-electron chi connectivity index (χ2n) is 9.69. The monoisotopic (exact) mass is 472 g/mol. The van der Waals surface area contributed by atoms with Crippen molar-refractivity contribution in [1.82, 2.24) is 20.0 Å². The number of nitrogens with one attached hydrogen (secondary N) is 1. The minimum atomic E-state index is -3.21. The van der Waals surface area contributed by atoms with Gasteiger partial charge < -0.3 is 10.2 Å². The van der Waals surface area contributed by atoms with Gasteiger partial charge in [-0.2, -0.15) is 5.10 Å². The number of benzene rings is 1. The lowest BCUT2D eigenvalue weighted by atomic mass is 9.90. The lowest BCUT2D eigenvalue weighted by molar-refractivity contribution is 0.206. The molecule has 2 heterocycles. The molecule has 2 amide bonds. The van der Waals surface area contributed by atoms with Gasteiger partial charge in [-0.25, -0.2) is 13.2 Å². The Bertz CT molecular complexity index is 1090. The number of nitrogens with zero attached hydrogens (tertiary/aromatic N) is 3. The van der Waals surface area contributed by atoms with Crippen molar-refractivity contribution in [2.24, 2.45) is 5.92 Å². The fourth-order valence-electron chi connectivity index (χ4n) is 4.75. The molecule has 1 aliphatic carbocycles. The standard InChI is InChI=1S/C25H36N4O3S/c1-5-19-15-28(16-22(19)24-13-23(20-9-10-20)27-29(24)17(3)4)25(30)26-14-18-7-11-21(12-8-18)33(31,32)6-2/h7-8,11-13,17,19-20,22H,5-6,9-10,14-16H2,1-4H3,(H,26,30)/t19-,22-/m1/s1. The lowest BCUT2D eigenvalue weighted by Gasteiger charge is -2.20.